The maximum absolute atomic E-state index is 6.25. The number of halogens is 1. The first-order chi connectivity index (χ1) is 8.13. The van der Waals surface area contributed by atoms with Crippen LogP contribution in [0.5, 0.6) is 0 Å². The third kappa shape index (κ3) is 3.23. The summed E-state index contributed by atoms with van der Waals surface area (Å²) in [5, 5.41) is 4.48. The first kappa shape index (κ1) is 12.9. The molecule has 2 rings (SSSR count). The summed E-state index contributed by atoms with van der Waals surface area (Å²) in [7, 11) is 0. The van der Waals surface area contributed by atoms with Crippen molar-refractivity contribution in [3.63, 3.8) is 0 Å². The van der Waals surface area contributed by atoms with Gasteiger partial charge < -0.3 is 5.32 Å². The van der Waals surface area contributed by atoms with Crippen molar-refractivity contribution >= 4 is 11.6 Å². The maximum atomic E-state index is 6.25. The molecule has 17 heavy (non-hydrogen) atoms. The zero-order valence-electron chi connectivity index (χ0n) is 10.8. The van der Waals surface area contributed by atoms with Gasteiger partial charge in [-0.3, -0.25) is 0 Å². The van der Waals surface area contributed by atoms with Crippen LogP contribution in [0.2, 0.25) is 5.02 Å². The molecular formula is C15H22ClN. The van der Waals surface area contributed by atoms with E-state index < -0.39 is 0 Å². The predicted octanol–water partition coefficient (Wildman–Crippen LogP) is 4.05. The number of benzene rings is 1. The average molecular weight is 252 g/mol. The molecule has 2 unspecified atom stereocenters. The fraction of sp³-hybridized carbons (Fsp3) is 0.600. The first-order valence-corrected chi connectivity index (χ1v) is 6.97. The summed E-state index contributed by atoms with van der Waals surface area (Å²) in [5.74, 6) is 0. The molecule has 1 aliphatic carbocycles. The third-order valence-corrected chi connectivity index (χ3v) is 4.27. The lowest BCUT2D eigenvalue weighted by molar-refractivity contribution is 0.322. The Labute approximate surface area is 110 Å². The highest BCUT2D eigenvalue weighted by atomic mass is 35.5. The number of hydrogen-bond acceptors (Lipinski definition) is 1. The van der Waals surface area contributed by atoms with E-state index in [0.717, 1.165) is 18.0 Å². The summed E-state index contributed by atoms with van der Waals surface area (Å²) in [6.07, 6.45) is 4.98. The van der Waals surface area contributed by atoms with Crippen molar-refractivity contribution in [2.75, 3.05) is 6.54 Å². The maximum Gasteiger partial charge on any atom is 0.0438 e. The quantitative estimate of drug-likeness (QED) is 0.851. The molecule has 0 aromatic heterocycles. The molecular weight excluding hydrogens is 230 g/mol. The Balaban J connectivity index is 2.02. The van der Waals surface area contributed by atoms with Gasteiger partial charge in [0.15, 0.2) is 0 Å². The van der Waals surface area contributed by atoms with Crippen molar-refractivity contribution in [3.05, 3.63) is 34.9 Å². The van der Waals surface area contributed by atoms with Crippen molar-refractivity contribution in [3.8, 4) is 0 Å². The fourth-order valence-electron chi connectivity index (χ4n) is 3.05. The second kappa shape index (κ2) is 5.41. The van der Waals surface area contributed by atoms with Gasteiger partial charge in [0.25, 0.3) is 0 Å². The van der Waals surface area contributed by atoms with Crippen LogP contribution in [0.15, 0.2) is 24.3 Å². The minimum Gasteiger partial charge on any atom is -0.314 e. The Kier molecular flexibility index (Phi) is 4.11. The highest BCUT2D eigenvalue weighted by Gasteiger charge is 2.34. The molecule has 1 fully saturated rings. The van der Waals surface area contributed by atoms with Gasteiger partial charge in [-0.25, -0.2) is 0 Å². The Bertz CT molecular complexity index is 377. The van der Waals surface area contributed by atoms with Crippen LogP contribution in [0.3, 0.4) is 0 Å². The standard InChI is InChI=1S/C15H22ClN/c1-3-17-13-8-9-15(2,11-13)10-12-6-4-5-7-14(12)16/h4-7,13,17H,3,8-11H2,1-2H3. The van der Waals surface area contributed by atoms with E-state index >= 15 is 0 Å². The van der Waals surface area contributed by atoms with Gasteiger partial charge in [0.05, 0.1) is 0 Å². The van der Waals surface area contributed by atoms with Crippen LogP contribution in [0.25, 0.3) is 0 Å². The molecule has 0 radical (unpaired) electrons. The molecule has 0 amide bonds. The van der Waals surface area contributed by atoms with E-state index in [2.05, 4.69) is 31.3 Å². The van der Waals surface area contributed by atoms with E-state index in [-0.39, 0.29) is 0 Å². The molecule has 1 nitrogen and oxygen atoms in total. The summed E-state index contributed by atoms with van der Waals surface area (Å²) in [6, 6.07) is 8.95. The van der Waals surface area contributed by atoms with E-state index in [0.29, 0.717) is 11.5 Å². The van der Waals surface area contributed by atoms with Gasteiger partial charge in [-0.1, -0.05) is 43.6 Å². The summed E-state index contributed by atoms with van der Waals surface area (Å²) in [6.45, 7) is 5.66. The van der Waals surface area contributed by atoms with Crippen LogP contribution >= 0.6 is 11.6 Å². The van der Waals surface area contributed by atoms with Crippen molar-refractivity contribution < 1.29 is 0 Å². The van der Waals surface area contributed by atoms with Crippen LogP contribution in [0.4, 0.5) is 0 Å². The van der Waals surface area contributed by atoms with E-state index in [1.165, 1.54) is 24.8 Å². The van der Waals surface area contributed by atoms with Gasteiger partial charge in [0.2, 0.25) is 0 Å². The van der Waals surface area contributed by atoms with E-state index in [4.69, 9.17) is 11.6 Å². The summed E-state index contributed by atoms with van der Waals surface area (Å²) < 4.78 is 0. The normalized spacial score (nSPS) is 28.5. The zero-order valence-corrected chi connectivity index (χ0v) is 11.6. The summed E-state index contributed by atoms with van der Waals surface area (Å²) in [5.41, 5.74) is 1.71. The molecule has 1 aromatic carbocycles. The van der Waals surface area contributed by atoms with Crippen LogP contribution < -0.4 is 5.32 Å². The lowest BCUT2D eigenvalue weighted by Crippen LogP contribution is -2.28. The van der Waals surface area contributed by atoms with Gasteiger partial charge in [-0.05, 0) is 49.3 Å². The zero-order chi connectivity index (χ0) is 12.3. The molecule has 0 spiro atoms. The topological polar surface area (TPSA) is 12.0 Å². The highest BCUT2D eigenvalue weighted by molar-refractivity contribution is 6.31. The van der Waals surface area contributed by atoms with E-state index in [1.807, 2.05) is 12.1 Å². The Morgan fingerprint density at radius 3 is 2.88 bits per heavy atom. The number of hydrogen-bond donors (Lipinski definition) is 1. The third-order valence-electron chi connectivity index (χ3n) is 3.90. The van der Waals surface area contributed by atoms with Crippen LogP contribution in [-0.4, -0.2) is 12.6 Å². The molecule has 0 saturated heterocycles. The van der Waals surface area contributed by atoms with Crippen LogP contribution in [0, 0.1) is 5.41 Å². The molecule has 2 atom stereocenters. The van der Waals surface area contributed by atoms with Crippen molar-refractivity contribution in [2.24, 2.45) is 5.41 Å². The van der Waals surface area contributed by atoms with Crippen molar-refractivity contribution in [2.45, 2.75) is 45.6 Å². The minimum absolute atomic E-state index is 0.415. The van der Waals surface area contributed by atoms with Gasteiger partial charge in [0, 0.05) is 11.1 Å². The molecule has 0 heterocycles. The Hall–Kier alpha value is -0.530. The van der Waals surface area contributed by atoms with Gasteiger partial charge in [-0.15, -0.1) is 0 Å². The number of nitrogens with one attached hydrogen (secondary N) is 1. The molecule has 2 heteroatoms. The molecule has 1 aliphatic rings. The molecule has 1 N–H and O–H groups in total. The minimum atomic E-state index is 0.415. The Morgan fingerprint density at radius 1 is 1.41 bits per heavy atom. The monoisotopic (exact) mass is 251 g/mol. The van der Waals surface area contributed by atoms with Crippen molar-refractivity contribution in [1.82, 2.24) is 5.32 Å². The predicted molar refractivity (Wildman–Crippen MR) is 74.6 cm³/mol. The highest BCUT2D eigenvalue weighted by Crippen LogP contribution is 2.41. The summed E-state index contributed by atoms with van der Waals surface area (Å²) in [4.78, 5) is 0. The lowest BCUT2D eigenvalue weighted by atomic mass is 9.82. The van der Waals surface area contributed by atoms with Gasteiger partial charge in [-0.2, -0.15) is 0 Å². The largest absolute Gasteiger partial charge is 0.314 e. The second-order valence-corrected chi connectivity index (χ2v) is 5.98. The fourth-order valence-corrected chi connectivity index (χ4v) is 3.25. The molecule has 0 bridgehead atoms. The first-order valence-electron chi connectivity index (χ1n) is 6.60. The van der Waals surface area contributed by atoms with Crippen molar-refractivity contribution in [1.29, 1.82) is 0 Å². The smallest absolute Gasteiger partial charge is 0.0438 e. The SMILES string of the molecule is CCNC1CCC(C)(Cc2ccccc2Cl)C1. The molecule has 1 saturated carbocycles. The molecule has 1 aromatic rings. The molecule has 0 aliphatic heterocycles. The average Bonchev–Trinajstić information content (AvgIpc) is 2.64. The number of rotatable bonds is 4. The van der Waals surface area contributed by atoms with Gasteiger partial charge >= 0.3 is 0 Å². The second-order valence-electron chi connectivity index (χ2n) is 5.58. The lowest BCUT2D eigenvalue weighted by Gasteiger charge is -2.25. The van der Waals surface area contributed by atoms with E-state index in [1.54, 1.807) is 0 Å². The molecule has 94 valence electrons. The van der Waals surface area contributed by atoms with Crippen LogP contribution in [-0.2, 0) is 6.42 Å². The van der Waals surface area contributed by atoms with Crippen LogP contribution in [0.1, 0.15) is 38.7 Å². The van der Waals surface area contributed by atoms with Gasteiger partial charge in [0.1, 0.15) is 0 Å². The summed E-state index contributed by atoms with van der Waals surface area (Å²) >= 11 is 6.25. The van der Waals surface area contributed by atoms with E-state index in [9.17, 15) is 0 Å². The Morgan fingerprint density at radius 2 is 2.18 bits per heavy atom.